The van der Waals surface area contributed by atoms with Gasteiger partial charge in [0.2, 0.25) is 0 Å². The number of thiazole rings is 1. The number of aromatic nitrogens is 1. The first kappa shape index (κ1) is 16.1. The number of rotatable bonds is 5. The maximum absolute atomic E-state index is 10.7. The lowest BCUT2D eigenvalue weighted by Gasteiger charge is -2.30. The number of hydrogen-bond acceptors (Lipinski definition) is 4. The third-order valence-corrected chi connectivity index (χ3v) is 5.17. The summed E-state index contributed by atoms with van der Waals surface area (Å²) < 4.78 is 0. The van der Waals surface area contributed by atoms with Crippen molar-refractivity contribution in [2.45, 2.75) is 32.7 Å². The highest BCUT2D eigenvalue weighted by atomic mass is 32.1. The van der Waals surface area contributed by atoms with Crippen LogP contribution in [-0.2, 0) is 17.8 Å². The Hall–Kier alpha value is -1.72. The number of aliphatic carboxylic acids is 1. The predicted octanol–water partition coefficient (Wildman–Crippen LogP) is 3.67. The van der Waals surface area contributed by atoms with Gasteiger partial charge in [-0.1, -0.05) is 31.2 Å². The lowest BCUT2D eigenvalue weighted by Crippen LogP contribution is -2.33. The van der Waals surface area contributed by atoms with E-state index in [-0.39, 0.29) is 6.42 Å². The van der Waals surface area contributed by atoms with E-state index in [2.05, 4.69) is 41.1 Å². The third kappa shape index (κ3) is 4.39. The Bertz CT molecular complexity index is 666. The van der Waals surface area contributed by atoms with Crippen LogP contribution in [0.25, 0.3) is 10.6 Å². The van der Waals surface area contributed by atoms with Crippen molar-refractivity contribution >= 4 is 17.3 Å². The second-order valence-electron chi connectivity index (χ2n) is 6.39. The number of carbonyl (C=O) groups is 1. The summed E-state index contributed by atoms with van der Waals surface area (Å²) in [7, 11) is 0. The van der Waals surface area contributed by atoms with Gasteiger partial charge in [-0.05, 0) is 30.9 Å². The zero-order chi connectivity index (χ0) is 16.2. The van der Waals surface area contributed by atoms with Crippen LogP contribution in [0.15, 0.2) is 29.6 Å². The minimum absolute atomic E-state index is 0.0122. The lowest BCUT2D eigenvalue weighted by atomic mass is 10.00. The second kappa shape index (κ2) is 7.23. The number of nitrogens with zero attached hydrogens (tertiary/aromatic N) is 2. The summed E-state index contributed by atoms with van der Waals surface area (Å²) in [6.45, 7) is 5.71. The fourth-order valence-corrected chi connectivity index (χ4v) is 3.94. The van der Waals surface area contributed by atoms with Crippen LogP contribution in [0.3, 0.4) is 0 Å². The molecule has 0 amide bonds. The average Bonchev–Trinajstić information content (AvgIpc) is 2.96. The van der Waals surface area contributed by atoms with Gasteiger partial charge in [-0.15, -0.1) is 11.3 Å². The Balaban J connectivity index is 1.64. The smallest absolute Gasteiger partial charge is 0.309 e. The molecule has 1 N–H and O–H groups in total. The molecule has 2 heterocycles. The summed E-state index contributed by atoms with van der Waals surface area (Å²) in [4.78, 5) is 17.7. The molecule has 1 unspecified atom stereocenters. The van der Waals surface area contributed by atoms with E-state index in [1.807, 2.05) is 5.38 Å². The lowest BCUT2D eigenvalue weighted by molar-refractivity contribution is -0.136. The van der Waals surface area contributed by atoms with Gasteiger partial charge in [0.1, 0.15) is 5.01 Å². The zero-order valence-electron chi connectivity index (χ0n) is 13.4. The van der Waals surface area contributed by atoms with Crippen LogP contribution >= 0.6 is 11.3 Å². The van der Waals surface area contributed by atoms with Crippen LogP contribution in [0.2, 0.25) is 0 Å². The molecule has 1 atom stereocenters. The summed E-state index contributed by atoms with van der Waals surface area (Å²) >= 11 is 1.50. The standard InChI is InChI=1S/C18H22N2O2S/c1-13-3-2-8-20(10-13)11-14-4-6-15(7-5-14)18-19-16(12-23-18)9-17(21)22/h4-7,12-13H,2-3,8-11H2,1H3,(H,21,22). The van der Waals surface area contributed by atoms with E-state index in [0.717, 1.165) is 23.0 Å². The van der Waals surface area contributed by atoms with Gasteiger partial charge in [-0.2, -0.15) is 0 Å². The van der Waals surface area contributed by atoms with Gasteiger partial charge < -0.3 is 5.11 Å². The van der Waals surface area contributed by atoms with Crippen molar-refractivity contribution in [2.24, 2.45) is 5.92 Å². The minimum Gasteiger partial charge on any atom is -0.481 e. The molecule has 0 spiro atoms. The first-order valence-electron chi connectivity index (χ1n) is 8.08. The molecule has 1 aromatic heterocycles. The number of likely N-dealkylation sites (tertiary alicyclic amines) is 1. The summed E-state index contributed by atoms with van der Waals surface area (Å²) in [5.74, 6) is -0.0426. The van der Waals surface area contributed by atoms with Gasteiger partial charge in [0, 0.05) is 24.0 Å². The van der Waals surface area contributed by atoms with Crippen LogP contribution in [0.1, 0.15) is 31.0 Å². The molecule has 1 aliphatic heterocycles. The monoisotopic (exact) mass is 330 g/mol. The Labute approximate surface area is 140 Å². The number of piperidine rings is 1. The van der Waals surface area contributed by atoms with Gasteiger partial charge in [0.25, 0.3) is 0 Å². The van der Waals surface area contributed by atoms with Crippen LogP contribution in [0.5, 0.6) is 0 Å². The van der Waals surface area contributed by atoms with Crippen LogP contribution in [0.4, 0.5) is 0 Å². The molecule has 122 valence electrons. The van der Waals surface area contributed by atoms with Crippen LogP contribution in [-0.4, -0.2) is 34.0 Å². The minimum atomic E-state index is -0.840. The molecule has 0 radical (unpaired) electrons. The molecule has 2 aromatic rings. The summed E-state index contributed by atoms with van der Waals surface area (Å²) in [5.41, 5.74) is 3.01. The fourth-order valence-electron chi connectivity index (χ4n) is 3.12. The quantitative estimate of drug-likeness (QED) is 0.909. The molecule has 23 heavy (non-hydrogen) atoms. The molecular formula is C18H22N2O2S. The van der Waals surface area contributed by atoms with E-state index in [4.69, 9.17) is 5.11 Å². The molecule has 1 fully saturated rings. The van der Waals surface area contributed by atoms with Crippen molar-refractivity contribution in [3.63, 3.8) is 0 Å². The number of carboxylic acids is 1. The Morgan fingerprint density at radius 2 is 2.17 bits per heavy atom. The van der Waals surface area contributed by atoms with E-state index in [1.165, 1.54) is 42.8 Å². The second-order valence-corrected chi connectivity index (χ2v) is 7.25. The highest BCUT2D eigenvalue weighted by molar-refractivity contribution is 7.13. The van der Waals surface area contributed by atoms with Crippen molar-refractivity contribution in [1.82, 2.24) is 9.88 Å². The molecule has 0 saturated carbocycles. The first-order valence-corrected chi connectivity index (χ1v) is 8.96. The number of hydrogen-bond donors (Lipinski definition) is 1. The van der Waals surface area contributed by atoms with Crippen molar-refractivity contribution < 1.29 is 9.90 Å². The Morgan fingerprint density at radius 1 is 1.39 bits per heavy atom. The Kier molecular flexibility index (Phi) is 5.08. The molecule has 3 rings (SSSR count). The molecule has 5 heteroatoms. The third-order valence-electron chi connectivity index (χ3n) is 4.23. The van der Waals surface area contributed by atoms with E-state index >= 15 is 0 Å². The first-order chi connectivity index (χ1) is 11.1. The molecule has 0 aliphatic carbocycles. The van der Waals surface area contributed by atoms with Gasteiger partial charge >= 0.3 is 5.97 Å². The average molecular weight is 330 g/mol. The Morgan fingerprint density at radius 3 is 2.87 bits per heavy atom. The van der Waals surface area contributed by atoms with E-state index in [1.54, 1.807) is 0 Å². The molecule has 1 aliphatic rings. The van der Waals surface area contributed by atoms with Crippen molar-refractivity contribution in [3.8, 4) is 10.6 Å². The van der Waals surface area contributed by atoms with Crippen LogP contribution in [0, 0.1) is 5.92 Å². The molecular weight excluding hydrogens is 308 g/mol. The van der Waals surface area contributed by atoms with E-state index in [9.17, 15) is 4.79 Å². The van der Waals surface area contributed by atoms with Crippen LogP contribution < -0.4 is 0 Å². The summed E-state index contributed by atoms with van der Waals surface area (Å²) in [6.07, 6.45) is 2.63. The maximum atomic E-state index is 10.7. The maximum Gasteiger partial charge on any atom is 0.309 e. The summed E-state index contributed by atoms with van der Waals surface area (Å²) in [6, 6.07) is 8.50. The van der Waals surface area contributed by atoms with Crippen molar-refractivity contribution in [1.29, 1.82) is 0 Å². The predicted molar refractivity (Wildman–Crippen MR) is 92.6 cm³/mol. The molecule has 0 bridgehead atoms. The highest BCUT2D eigenvalue weighted by Crippen LogP contribution is 2.25. The highest BCUT2D eigenvalue weighted by Gasteiger charge is 2.16. The largest absolute Gasteiger partial charge is 0.481 e. The van der Waals surface area contributed by atoms with E-state index < -0.39 is 5.97 Å². The topological polar surface area (TPSA) is 53.4 Å². The SMILES string of the molecule is CC1CCCN(Cc2ccc(-c3nc(CC(=O)O)cs3)cc2)C1. The molecule has 1 saturated heterocycles. The van der Waals surface area contributed by atoms with Gasteiger partial charge in [-0.3, -0.25) is 9.69 Å². The fraction of sp³-hybridized carbons (Fsp3) is 0.444. The normalized spacial score (nSPS) is 18.9. The zero-order valence-corrected chi connectivity index (χ0v) is 14.2. The molecule has 1 aromatic carbocycles. The van der Waals surface area contributed by atoms with Crippen molar-refractivity contribution in [2.75, 3.05) is 13.1 Å². The number of carboxylic acid groups (broad SMARTS) is 1. The van der Waals surface area contributed by atoms with E-state index in [0.29, 0.717) is 5.69 Å². The van der Waals surface area contributed by atoms with Gasteiger partial charge in [-0.25, -0.2) is 4.98 Å². The molecule has 4 nitrogen and oxygen atoms in total. The van der Waals surface area contributed by atoms with Gasteiger partial charge in [0.15, 0.2) is 0 Å². The van der Waals surface area contributed by atoms with Crippen molar-refractivity contribution in [3.05, 3.63) is 40.9 Å². The summed E-state index contributed by atoms with van der Waals surface area (Å²) in [5, 5.41) is 11.5. The van der Waals surface area contributed by atoms with Gasteiger partial charge in [0.05, 0.1) is 12.1 Å². The number of benzene rings is 1.